The van der Waals surface area contributed by atoms with Gasteiger partial charge in [0.2, 0.25) is 5.91 Å². The summed E-state index contributed by atoms with van der Waals surface area (Å²) in [4.78, 5) is 16.8. The molecule has 2 aromatic rings. The summed E-state index contributed by atoms with van der Waals surface area (Å²) < 4.78 is 0. The van der Waals surface area contributed by atoms with Gasteiger partial charge in [-0.05, 0) is 87.3 Å². The van der Waals surface area contributed by atoms with Crippen molar-refractivity contribution in [3.05, 3.63) is 69.7 Å². The van der Waals surface area contributed by atoms with E-state index >= 15 is 0 Å². The van der Waals surface area contributed by atoms with Gasteiger partial charge in [-0.1, -0.05) is 59.6 Å². The van der Waals surface area contributed by atoms with Crippen LogP contribution < -0.4 is 0 Å². The molecule has 0 aliphatic carbocycles. The lowest BCUT2D eigenvalue weighted by atomic mass is 9.71. The number of piperidine rings is 2. The monoisotopic (exact) mass is 472 g/mol. The highest BCUT2D eigenvalue weighted by Gasteiger charge is 2.38. The highest BCUT2D eigenvalue weighted by molar-refractivity contribution is 6.42. The molecule has 0 bridgehead atoms. The third kappa shape index (κ3) is 5.50. The quantitative estimate of drug-likeness (QED) is 0.476. The Morgan fingerprint density at radius 1 is 1.03 bits per heavy atom. The molecule has 2 aromatic carbocycles. The van der Waals surface area contributed by atoms with E-state index in [4.69, 9.17) is 23.2 Å². The van der Waals surface area contributed by atoms with Gasteiger partial charge in [0.15, 0.2) is 0 Å². The van der Waals surface area contributed by atoms with Crippen LogP contribution in [0.1, 0.15) is 62.5 Å². The zero-order valence-corrected chi connectivity index (χ0v) is 20.5. The highest BCUT2D eigenvalue weighted by Crippen LogP contribution is 2.40. The van der Waals surface area contributed by atoms with Crippen LogP contribution >= 0.6 is 23.2 Å². The van der Waals surface area contributed by atoms with Gasteiger partial charge >= 0.3 is 0 Å². The normalized spacial score (nSPS) is 22.8. The van der Waals surface area contributed by atoms with Gasteiger partial charge in [0.05, 0.1) is 10.0 Å². The Hall–Kier alpha value is -1.55. The minimum Gasteiger partial charge on any atom is -0.342 e. The van der Waals surface area contributed by atoms with E-state index in [1.807, 2.05) is 17.0 Å². The Bertz CT molecular complexity index is 911. The first-order chi connectivity index (χ1) is 15.5. The van der Waals surface area contributed by atoms with Gasteiger partial charge in [-0.2, -0.15) is 0 Å². The summed E-state index contributed by atoms with van der Waals surface area (Å²) in [6.07, 6.45) is 6.78. The van der Waals surface area contributed by atoms with Crippen molar-refractivity contribution in [3.63, 3.8) is 0 Å². The largest absolute Gasteiger partial charge is 0.342 e. The number of rotatable bonds is 6. The Morgan fingerprint density at radius 3 is 2.47 bits per heavy atom. The first kappa shape index (κ1) is 23.6. The number of likely N-dealkylation sites (tertiary alicyclic amines) is 2. The zero-order chi connectivity index (χ0) is 22.6. The van der Waals surface area contributed by atoms with Crippen LogP contribution in [-0.4, -0.2) is 48.4 Å². The number of amides is 1. The van der Waals surface area contributed by atoms with Crippen molar-refractivity contribution in [3.8, 4) is 0 Å². The molecule has 0 saturated carbocycles. The van der Waals surface area contributed by atoms with E-state index in [0.29, 0.717) is 16.0 Å². The third-order valence-corrected chi connectivity index (χ3v) is 8.28. The molecule has 0 radical (unpaired) electrons. The molecule has 0 aromatic heterocycles. The molecule has 2 saturated heterocycles. The maximum Gasteiger partial charge on any atom is 0.219 e. The fourth-order valence-corrected chi connectivity index (χ4v) is 5.96. The highest BCUT2D eigenvalue weighted by atomic mass is 35.5. The molecule has 1 unspecified atom stereocenters. The molecule has 0 N–H and O–H groups in total. The van der Waals surface area contributed by atoms with Crippen LogP contribution in [0.3, 0.4) is 0 Å². The Kier molecular flexibility index (Phi) is 7.81. The molecule has 3 nitrogen and oxygen atoms in total. The minimum atomic E-state index is -0.0412. The lowest BCUT2D eigenvalue weighted by Gasteiger charge is -2.44. The first-order valence-electron chi connectivity index (χ1n) is 12.0. The van der Waals surface area contributed by atoms with Crippen molar-refractivity contribution in [2.45, 2.75) is 56.8 Å². The lowest BCUT2D eigenvalue weighted by Crippen LogP contribution is -2.48. The maximum atomic E-state index is 12.2. The molecule has 2 aliphatic rings. The average Bonchev–Trinajstić information content (AvgIpc) is 2.82. The standard InChI is InChI=1S/C27H34Cl2N2O/c1-21(32)31-16-6-14-27(20-31,24-9-10-25(28)26(29)19-24)13-5-15-30-17-11-23(12-18-30)22-7-3-2-4-8-22/h2-4,7-10,19,23H,5-6,11-18,20H2,1H3. The molecule has 1 atom stereocenters. The Morgan fingerprint density at radius 2 is 1.78 bits per heavy atom. The summed E-state index contributed by atoms with van der Waals surface area (Å²) in [5, 5.41) is 1.19. The average molecular weight is 473 g/mol. The topological polar surface area (TPSA) is 23.6 Å². The number of hydrogen-bond acceptors (Lipinski definition) is 2. The van der Waals surface area contributed by atoms with Crippen molar-refractivity contribution in [1.29, 1.82) is 0 Å². The van der Waals surface area contributed by atoms with Gasteiger partial charge in [0.1, 0.15) is 0 Å². The van der Waals surface area contributed by atoms with Crippen LogP contribution in [0.2, 0.25) is 10.0 Å². The van der Waals surface area contributed by atoms with Gasteiger partial charge in [0.25, 0.3) is 0 Å². The summed E-state index contributed by atoms with van der Waals surface area (Å²) in [5.41, 5.74) is 2.67. The van der Waals surface area contributed by atoms with Gasteiger partial charge < -0.3 is 9.80 Å². The smallest absolute Gasteiger partial charge is 0.219 e. The first-order valence-corrected chi connectivity index (χ1v) is 12.7. The Balaban J connectivity index is 1.39. The molecule has 32 heavy (non-hydrogen) atoms. The molecule has 172 valence electrons. The zero-order valence-electron chi connectivity index (χ0n) is 19.0. The predicted octanol–water partition coefficient (Wildman–Crippen LogP) is 6.53. The number of carbonyl (C=O) groups is 1. The second kappa shape index (κ2) is 10.6. The molecule has 2 aliphatic heterocycles. The molecule has 2 fully saturated rings. The van der Waals surface area contributed by atoms with Gasteiger partial charge in [-0.15, -0.1) is 0 Å². The van der Waals surface area contributed by atoms with E-state index in [-0.39, 0.29) is 11.3 Å². The Labute approximate surface area is 202 Å². The van der Waals surface area contributed by atoms with Crippen LogP contribution in [0.5, 0.6) is 0 Å². The van der Waals surface area contributed by atoms with Crippen molar-refractivity contribution in [2.24, 2.45) is 0 Å². The molecule has 4 rings (SSSR count). The fourth-order valence-electron chi connectivity index (χ4n) is 5.67. The second-order valence-electron chi connectivity index (χ2n) is 9.58. The summed E-state index contributed by atoms with van der Waals surface area (Å²) in [7, 11) is 0. The number of nitrogens with zero attached hydrogens (tertiary/aromatic N) is 2. The summed E-state index contributed by atoms with van der Waals surface area (Å²) >= 11 is 12.6. The second-order valence-corrected chi connectivity index (χ2v) is 10.4. The van der Waals surface area contributed by atoms with Gasteiger partial charge in [-0.25, -0.2) is 0 Å². The van der Waals surface area contributed by atoms with E-state index in [1.165, 1.54) is 37.1 Å². The van der Waals surface area contributed by atoms with Crippen LogP contribution in [0.4, 0.5) is 0 Å². The van der Waals surface area contributed by atoms with E-state index < -0.39 is 0 Å². The van der Waals surface area contributed by atoms with E-state index in [2.05, 4.69) is 41.3 Å². The molecular formula is C27H34Cl2N2O. The third-order valence-electron chi connectivity index (χ3n) is 7.54. The number of hydrogen-bond donors (Lipinski definition) is 0. The van der Waals surface area contributed by atoms with Crippen LogP contribution in [0, 0.1) is 0 Å². The molecular weight excluding hydrogens is 439 g/mol. The molecule has 0 spiro atoms. The van der Waals surface area contributed by atoms with Crippen LogP contribution in [0.25, 0.3) is 0 Å². The van der Waals surface area contributed by atoms with E-state index in [9.17, 15) is 4.79 Å². The minimum absolute atomic E-state index is 0.0412. The van der Waals surface area contributed by atoms with Crippen LogP contribution in [0.15, 0.2) is 48.5 Å². The van der Waals surface area contributed by atoms with Gasteiger partial charge in [0, 0.05) is 25.4 Å². The summed E-state index contributed by atoms with van der Waals surface area (Å²) in [6, 6.07) is 17.0. The molecule has 2 heterocycles. The SMILES string of the molecule is CC(=O)N1CCCC(CCCN2CCC(c3ccccc3)CC2)(c2ccc(Cl)c(Cl)c2)C1. The van der Waals surface area contributed by atoms with Crippen LogP contribution in [-0.2, 0) is 10.2 Å². The number of halogens is 2. The number of benzene rings is 2. The van der Waals surface area contributed by atoms with E-state index in [1.54, 1.807) is 6.92 Å². The van der Waals surface area contributed by atoms with Crippen molar-refractivity contribution >= 4 is 29.1 Å². The van der Waals surface area contributed by atoms with Crippen molar-refractivity contribution in [1.82, 2.24) is 9.80 Å². The van der Waals surface area contributed by atoms with Gasteiger partial charge in [-0.3, -0.25) is 4.79 Å². The van der Waals surface area contributed by atoms with Crippen molar-refractivity contribution < 1.29 is 4.79 Å². The maximum absolute atomic E-state index is 12.2. The summed E-state index contributed by atoms with van der Waals surface area (Å²) in [5.74, 6) is 0.856. The molecule has 1 amide bonds. The lowest BCUT2D eigenvalue weighted by molar-refractivity contribution is -0.131. The number of carbonyl (C=O) groups excluding carboxylic acids is 1. The fraction of sp³-hybridized carbons (Fsp3) is 0.519. The predicted molar refractivity (Wildman–Crippen MR) is 134 cm³/mol. The molecule has 5 heteroatoms. The van der Waals surface area contributed by atoms with E-state index in [0.717, 1.165) is 45.3 Å². The van der Waals surface area contributed by atoms with Crippen molar-refractivity contribution in [2.75, 3.05) is 32.7 Å². The summed E-state index contributed by atoms with van der Waals surface area (Å²) in [6.45, 7) is 6.76.